The van der Waals surface area contributed by atoms with E-state index in [2.05, 4.69) is 21.6 Å². The van der Waals surface area contributed by atoms with E-state index >= 15 is 0 Å². The second-order valence-corrected chi connectivity index (χ2v) is 10.7. The fraction of sp³-hybridized carbons (Fsp3) is 0.517. The van der Waals surface area contributed by atoms with Crippen LogP contribution in [0.5, 0.6) is 0 Å². The largest absolute Gasteiger partial charge is 0.449 e. The van der Waals surface area contributed by atoms with Gasteiger partial charge in [-0.2, -0.15) is 5.26 Å². The van der Waals surface area contributed by atoms with Gasteiger partial charge in [0.25, 0.3) is 5.91 Å². The van der Waals surface area contributed by atoms with Crippen molar-refractivity contribution >= 4 is 11.9 Å². The Morgan fingerprint density at radius 1 is 1.21 bits per heavy atom. The SMILES string of the molecule is N#C[C@H](Cc1ccc(-c2ccc3c(n2)C2(CCN(C4COC4)CC2)OC3=O)cc1)NC(=O)[C@@H]1CNCCCO1. The van der Waals surface area contributed by atoms with Gasteiger partial charge < -0.3 is 24.8 Å². The molecule has 10 heteroatoms. The Kier molecular flexibility index (Phi) is 7.32. The summed E-state index contributed by atoms with van der Waals surface area (Å²) in [5.74, 6) is -0.568. The van der Waals surface area contributed by atoms with Crippen LogP contribution in [0.2, 0.25) is 0 Å². The van der Waals surface area contributed by atoms with Crippen LogP contribution in [-0.2, 0) is 31.0 Å². The molecule has 3 fully saturated rings. The first-order valence-electron chi connectivity index (χ1n) is 13.7. The molecule has 204 valence electrons. The molecule has 1 amide bonds. The summed E-state index contributed by atoms with van der Waals surface area (Å²) in [6.07, 6.45) is 2.10. The van der Waals surface area contributed by atoms with Crippen molar-refractivity contribution in [3.8, 4) is 17.3 Å². The minimum absolute atomic E-state index is 0.271. The summed E-state index contributed by atoms with van der Waals surface area (Å²) in [6.45, 7) is 5.03. The van der Waals surface area contributed by atoms with Crippen LogP contribution >= 0.6 is 0 Å². The minimum atomic E-state index is -0.668. The Bertz CT molecular complexity index is 1260. The number of nitrogens with one attached hydrogen (secondary N) is 2. The van der Waals surface area contributed by atoms with Crippen LogP contribution in [0.4, 0.5) is 0 Å². The van der Waals surface area contributed by atoms with Gasteiger partial charge in [0.15, 0.2) is 5.60 Å². The topological polar surface area (TPSA) is 126 Å². The lowest BCUT2D eigenvalue weighted by atomic mass is 9.86. The highest BCUT2D eigenvalue weighted by molar-refractivity contribution is 5.94. The number of esters is 1. The van der Waals surface area contributed by atoms with E-state index in [1.165, 1.54) is 0 Å². The van der Waals surface area contributed by atoms with Crippen molar-refractivity contribution in [1.29, 1.82) is 5.26 Å². The van der Waals surface area contributed by atoms with Crippen molar-refractivity contribution < 1.29 is 23.8 Å². The normalized spacial score (nSPS) is 23.7. The number of aromatic nitrogens is 1. The zero-order valence-electron chi connectivity index (χ0n) is 21.9. The Morgan fingerprint density at radius 3 is 2.72 bits per heavy atom. The van der Waals surface area contributed by atoms with Crippen LogP contribution in [0.3, 0.4) is 0 Å². The van der Waals surface area contributed by atoms with Crippen molar-refractivity contribution in [3.63, 3.8) is 0 Å². The van der Waals surface area contributed by atoms with Gasteiger partial charge in [0.2, 0.25) is 0 Å². The van der Waals surface area contributed by atoms with Crippen LogP contribution in [0.1, 0.15) is 40.9 Å². The first-order valence-corrected chi connectivity index (χ1v) is 13.7. The van der Waals surface area contributed by atoms with Gasteiger partial charge in [-0.25, -0.2) is 9.78 Å². The molecule has 0 aliphatic carbocycles. The Balaban J connectivity index is 1.13. The number of piperidine rings is 1. The quantitative estimate of drug-likeness (QED) is 0.534. The maximum Gasteiger partial charge on any atom is 0.341 e. The highest BCUT2D eigenvalue weighted by atomic mass is 16.6. The lowest BCUT2D eigenvalue weighted by Crippen LogP contribution is -2.54. The van der Waals surface area contributed by atoms with Crippen LogP contribution in [0, 0.1) is 11.3 Å². The van der Waals surface area contributed by atoms with E-state index in [0.717, 1.165) is 74.6 Å². The van der Waals surface area contributed by atoms with Gasteiger partial charge in [-0.15, -0.1) is 0 Å². The second-order valence-electron chi connectivity index (χ2n) is 10.7. The molecular weight excluding hydrogens is 498 g/mol. The number of carbonyl (C=O) groups excluding carboxylic acids is 2. The first-order chi connectivity index (χ1) is 19.0. The molecule has 0 radical (unpaired) electrons. The van der Waals surface area contributed by atoms with Gasteiger partial charge in [0, 0.05) is 51.1 Å². The first kappa shape index (κ1) is 25.9. The van der Waals surface area contributed by atoms with Gasteiger partial charge in [0.05, 0.1) is 42.3 Å². The predicted octanol–water partition coefficient (Wildman–Crippen LogP) is 1.54. The number of ether oxygens (including phenoxy) is 3. The lowest BCUT2D eigenvalue weighted by Gasteiger charge is -2.44. The minimum Gasteiger partial charge on any atom is -0.449 e. The van der Waals surface area contributed by atoms with Crippen LogP contribution in [0.25, 0.3) is 11.3 Å². The van der Waals surface area contributed by atoms with Crippen LogP contribution in [-0.4, -0.2) is 85.9 Å². The van der Waals surface area contributed by atoms with Crippen LogP contribution < -0.4 is 10.6 Å². The molecular formula is C29H33N5O5. The van der Waals surface area contributed by atoms with Crippen molar-refractivity contribution in [3.05, 3.63) is 53.2 Å². The van der Waals surface area contributed by atoms with Crippen molar-refractivity contribution in [2.75, 3.05) is 46.0 Å². The summed E-state index contributed by atoms with van der Waals surface area (Å²) in [7, 11) is 0. The van der Waals surface area contributed by atoms with Gasteiger partial charge >= 0.3 is 5.97 Å². The molecule has 5 heterocycles. The van der Waals surface area contributed by atoms with Crippen LogP contribution in [0.15, 0.2) is 36.4 Å². The molecule has 0 unspecified atom stereocenters. The maximum absolute atomic E-state index is 12.7. The van der Waals surface area contributed by atoms with Crippen molar-refractivity contribution in [2.24, 2.45) is 0 Å². The molecule has 39 heavy (non-hydrogen) atoms. The predicted molar refractivity (Wildman–Crippen MR) is 141 cm³/mol. The summed E-state index contributed by atoms with van der Waals surface area (Å²) in [4.78, 5) is 32.6. The molecule has 1 aromatic carbocycles. The monoisotopic (exact) mass is 531 g/mol. The molecule has 2 atom stereocenters. The molecule has 6 rings (SSSR count). The number of hydrogen-bond acceptors (Lipinski definition) is 9. The Labute approximate surface area is 227 Å². The zero-order valence-corrected chi connectivity index (χ0v) is 21.9. The summed E-state index contributed by atoms with van der Waals surface area (Å²) < 4.78 is 16.9. The van der Waals surface area contributed by atoms with E-state index in [1.54, 1.807) is 0 Å². The highest BCUT2D eigenvalue weighted by Crippen LogP contribution is 2.44. The number of rotatable bonds is 6. The number of nitriles is 1. The lowest BCUT2D eigenvalue weighted by molar-refractivity contribution is -0.132. The molecule has 2 aromatic rings. The number of carbonyl (C=O) groups is 2. The molecule has 2 N–H and O–H groups in total. The third kappa shape index (κ3) is 5.28. The van der Waals surface area contributed by atoms with Gasteiger partial charge in [0.1, 0.15) is 12.1 Å². The summed E-state index contributed by atoms with van der Waals surface area (Å²) in [5.41, 5.74) is 3.23. The number of pyridine rings is 1. The van der Waals surface area contributed by atoms with Gasteiger partial charge in [-0.1, -0.05) is 24.3 Å². The molecule has 0 bridgehead atoms. The Morgan fingerprint density at radius 2 is 2.00 bits per heavy atom. The highest BCUT2D eigenvalue weighted by Gasteiger charge is 2.50. The van der Waals surface area contributed by atoms with E-state index in [-0.39, 0.29) is 11.9 Å². The number of hydrogen-bond donors (Lipinski definition) is 2. The number of nitrogens with zero attached hydrogens (tertiary/aromatic N) is 3. The van der Waals surface area contributed by atoms with E-state index in [4.69, 9.17) is 19.2 Å². The second kappa shape index (κ2) is 11.0. The summed E-state index contributed by atoms with van der Waals surface area (Å²) in [6, 6.07) is 13.5. The van der Waals surface area contributed by atoms with E-state index in [9.17, 15) is 14.9 Å². The summed E-state index contributed by atoms with van der Waals surface area (Å²) in [5, 5.41) is 15.6. The fourth-order valence-electron chi connectivity index (χ4n) is 5.76. The standard InChI is InChI=1S/C29H33N5O5/c30-15-21(32-27(35)25-16-31-10-1-13-38-25)14-19-2-4-20(5-3-19)24-7-6-23-26(33-24)29(39-28(23)36)8-11-34(12-9-29)22-17-37-18-22/h2-7,21-22,25,31H,1,8-14,16-18H2,(H,32,35)/t21-,25-/m0/s1. The van der Waals surface area contributed by atoms with Gasteiger partial charge in [-0.05, 0) is 30.7 Å². The molecule has 4 aliphatic heterocycles. The molecule has 4 aliphatic rings. The number of fused-ring (bicyclic) bond motifs is 2. The zero-order chi connectivity index (χ0) is 26.8. The van der Waals surface area contributed by atoms with Crippen molar-refractivity contribution in [2.45, 2.75) is 49.5 Å². The smallest absolute Gasteiger partial charge is 0.341 e. The molecule has 3 saturated heterocycles. The maximum atomic E-state index is 12.7. The average Bonchev–Trinajstić information content (AvgIpc) is 3.09. The number of likely N-dealkylation sites (tertiary alicyclic amines) is 1. The third-order valence-electron chi connectivity index (χ3n) is 8.18. The van der Waals surface area contributed by atoms with Gasteiger partial charge in [-0.3, -0.25) is 9.69 Å². The number of amides is 1. The molecule has 1 spiro atoms. The molecule has 10 nitrogen and oxygen atoms in total. The molecule has 0 saturated carbocycles. The number of benzene rings is 1. The van der Waals surface area contributed by atoms with Crippen molar-refractivity contribution in [1.82, 2.24) is 20.5 Å². The van der Waals surface area contributed by atoms with E-state index in [1.807, 2.05) is 36.4 Å². The van der Waals surface area contributed by atoms with E-state index in [0.29, 0.717) is 31.2 Å². The average molecular weight is 532 g/mol. The fourth-order valence-corrected chi connectivity index (χ4v) is 5.76. The Hall–Kier alpha value is -3.36. The summed E-state index contributed by atoms with van der Waals surface area (Å²) >= 11 is 0. The molecule has 1 aromatic heterocycles. The van der Waals surface area contributed by atoms with E-state index < -0.39 is 17.7 Å². The third-order valence-corrected chi connectivity index (χ3v) is 8.18.